The summed E-state index contributed by atoms with van der Waals surface area (Å²) in [6, 6.07) is 8.82. The number of guanidine groups is 1. The highest BCUT2D eigenvalue weighted by molar-refractivity contribution is 14.0. The summed E-state index contributed by atoms with van der Waals surface area (Å²) < 4.78 is 61.2. The van der Waals surface area contributed by atoms with E-state index in [2.05, 4.69) is 20.9 Å². The van der Waals surface area contributed by atoms with Crippen molar-refractivity contribution in [1.82, 2.24) is 20.3 Å². The first-order valence-electron chi connectivity index (χ1n) is 9.49. The number of hydrogen-bond donors (Lipinski definition) is 3. The average Bonchev–Trinajstić information content (AvgIpc) is 2.73. The zero-order valence-corrected chi connectivity index (χ0v) is 20.1. The number of alkyl halides is 3. The summed E-state index contributed by atoms with van der Waals surface area (Å²) in [6.45, 7) is 0.941. The molecular weight excluding hydrogens is 550 g/mol. The van der Waals surface area contributed by atoms with Crippen LogP contribution in [0.4, 0.5) is 13.2 Å². The van der Waals surface area contributed by atoms with Gasteiger partial charge >= 0.3 is 15.5 Å². The molecule has 1 amide bonds. The van der Waals surface area contributed by atoms with Gasteiger partial charge in [0.15, 0.2) is 5.96 Å². The lowest BCUT2D eigenvalue weighted by Gasteiger charge is -2.31. The van der Waals surface area contributed by atoms with Gasteiger partial charge in [-0.25, -0.2) is 8.42 Å². The van der Waals surface area contributed by atoms with Crippen molar-refractivity contribution >= 4 is 45.9 Å². The van der Waals surface area contributed by atoms with Gasteiger partial charge in [-0.15, -0.1) is 24.0 Å². The first-order chi connectivity index (χ1) is 14.1. The molecular formula is C18H27F3IN5O3S. The molecule has 0 unspecified atom stereocenters. The third kappa shape index (κ3) is 8.11. The van der Waals surface area contributed by atoms with E-state index in [9.17, 15) is 26.4 Å². The van der Waals surface area contributed by atoms with Crippen molar-refractivity contribution in [3.05, 3.63) is 35.9 Å². The van der Waals surface area contributed by atoms with Crippen LogP contribution in [0.2, 0.25) is 0 Å². The second kappa shape index (κ2) is 12.4. The second-order valence-corrected chi connectivity index (χ2v) is 8.72. The summed E-state index contributed by atoms with van der Waals surface area (Å²) in [5.74, 6) is 0.344. The molecule has 0 saturated carbocycles. The first kappa shape index (κ1) is 27.4. The van der Waals surface area contributed by atoms with E-state index in [-0.39, 0.29) is 48.9 Å². The highest BCUT2D eigenvalue weighted by atomic mass is 127. The van der Waals surface area contributed by atoms with Gasteiger partial charge in [0.1, 0.15) is 0 Å². The molecule has 1 aromatic carbocycles. The maximum absolute atomic E-state index is 12.6. The minimum Gasteiger partial charge on any atom is -0.356 e. The van der Waals surface area contributed by atoms with Crippen LogP contribution in [0.15, 0.2) is 35.3 Å². The van der Waals surface area contributed by atoms with Crippen molar-refractivity contribution in [1.29, 1.82) is 0 Å². The summed E-state index contributed by atoms with van der Waals surface area (Å²) in [7, 11) is -3.68. The highest BCUT2D eigenvalue weighted by Crippen LogP contribution is 2.30. The van der Waals surface area contributed by atoms with Crippen LogP contribution < -0.4 is 16.0 Å². The fraction of sp³-hybridized carbons (Fsp3) is 0.556. The molecule has 1 aliphatic heterocycles. The minimum atomic E-state index is -5.26. The monoisotopic (exact) mass is 577 g/mol. The fourth-order valence-electron chi connectivity index (χ4n) is 3.01. The number of halogens is 4. The van der Waals surface area contributed by atoms with Gasteiger partial charge in [0.05, 0.1) is 0 Å². The Hall–Kier alpha value is -1.61. The maximum Gasteiger partial charge on any atom is 0.511 e. The van der Waals surface area contributed by atoms with Gasteiger partial charge in [-0.1, -0.05) is 18.2 Å². The Balaban J connectivity index is 0.00000480. The van der Waals surface area contributed by atoms with Gasteiger partial charge in [0, 0.05) is 45.3 Å². The highest BCUT2D eigenvalue weighted by Gasteiger charge is 2.50. The summed E-state index contributed by atoms with van der Waals surface area (Å²) in [5.41, 5.74) is -4.70. The molecule has 13 heteroatoms. The van der Waals surface area contributed by atoms with Gasteiger partial charge in [0.2, 0.25) is 0 Å². The quantitative estimate of drug-likeness (QED) is 0.199. The van der Waals surface area contributed by atoms with Crippen molar-refractivity contribution in [2.45, 2.75) is 18.3 Å². The summed E-state index contributed by atoms with van der Waals surface area (Å²) in [5, 5.41) is 8.89. The fourth-order valence-corrected chi connectivity index (χ4v) is 3.99. The number of amides is 1. The van der Waals surface area contributed by atoms with Crippen LogP contribution >= 0.6 is 24.0 Å². The molecule has 0 bridgehead atoms. The zero-order chi connectivity index (χ0) is 22.2. The number of hydrogen-bond acceptors (Lipinski definition) is 4. The molecule has 0 spiro atoms. The Morgan fingerprint density at radius 1 is 1.10 bits per heavy atom. The molecule has 0 atom stereocenters. The van der Waals surface area contributed by atoms with E-state index in [0.717, 1.165) is 0 Å². The number of nitrogens with zero attached hydrogens (tertiary/aromatic N) is 2. The number of carbonyl (C=O) groups is 1. The van der Waals surface area contributed by atoms with Gasteiger partial charge in [-0.3, -0.25) is 9.79 Å². The minimum absolute atomic E-state index is 0. The molecule has 176 valence electrons. The molecule has 1 fully saturated rings. The van der Waals surface area contributed by atoms with E-state index in [1.807, 2.05) is 6.07 Å². The Labute approximate surface area is 197 Å². The normalized spacial score (nSPS) is 16.3. The average molecular weight is 577 g/mol. The number of nitrogens with one attached hydrogen (secondary N) is 3. The van der Waals surface area contributed by atoms with E-state index in [0.29, 0.717) is 48.3 Å². The number of rotatable bonds is 7. The van der Waals surface area contributed by atoms with Crippen LogP contribution in [-0.2, 0) is 10.0 Å². The number of aliphatic imine (C=N–C) groups is 1. The predicted octanol–water partition coefficient (Wildman–Crippen LogP) is 1.76. The van der Waals surface area contributed by atoms with Crippen LogP contribution in [0.1, 0.15) is 23.2 Å². The first-order valence-corrected chi connectivity index (χ1v) is 10.9. The van der Waals surface area contributed by atoms with E-state index in [1.54, 1.807) is 31.3 Å². The predicted molar refractivity (Wildman–Crippen MR) is 123 cm³/mol. The Bertz CT molecular complexity index is 830. The van der Waals surface area contributed by atoms with E-state index < -0.39 is 15.5 Å². The third-order valence-electron chi connectivity index (χ3n) is 4.73. The van der Waals surface area contributed by atoms with Gasteiger partial charge in [-0.2, -0.15) is 17.5 Å². The molecule has 2 rings (SSSR count). The van der Waals surface area contributed by atoms with E-state index in [4.69, 9.17) is 0 Å². The van der Waals surface area contributed by atoms with Crippen molar-refractivity contribution in [3.8, 4) is 0 Å². The summed E-state index contributed by atoms with van der Waals surface area (Å²) >= 11 is 0. The van der Waals surface area contributed by atoms with Gasteiger partial charge < -0.3 is 16.0 Å². The lowest BCUT2D eigenvalue weighted by molar-refractivity contribution is -0.0496. The number of carbonyl (C=O) groups excluding carboxylic acids is 1. The van der Waals surface area contributed by atoms with E-state index >= 15 is 0 Å². The smallest absolute Gasteiger partial charge is 0.356 e. The lowest BCUT2D eigenvalue weighted by Crippen LogP contribution is -2.47. The van der Waals surface area contributed by atoms with Crippen molar-refractivity contribution in [2.75, 3.05) is 39.8 Å². The van der Waals surface area contributed by atoms with Crippen LogP contribution in [0.5, 0.6) is 0 Å². The topological polar surface area (TPSA) is 103 Å². The largest absolute Gasteiger partial charge is 0.511 e. The second-order valence-electron chi connectivity index (χ2n) is 6.80. The molecule has 31 heavy (non-hydrogen) atoms. The third-order valence-corrected chi connectivity index (χ3v) is 6.36. The van der Waals surface area contributed by atoms with Gasteiger partial charge in [-0.05, 0) is 30.9 Å². The van der Waals surface area contributed by atoms with Crippen molar-refractivity contribution < 1.29 is 26.4 Å². The lowest BCUT2D eigenvalue weighted by atomic mass is 9.98. The molecule has 8 nitrogen and oxygen atoms in total. The molecule has 1 aliphatic rings. The number of piperidine rings is 1. The van der Waals surface area contributed by atoms with Crippen LogP contribution in [0.3, 0.4) is 0 Å². The van der Waals surface area contributed by atoms with Crippen LogP contribution in [0, 0.1) is 5.92 Å². The molecule has 1 saturated heterocycles. The molecule has 3 N–H and O–H groups in total. The van der Waals surface area contributed by atoms with Crippen molar-refractivity contribution in [2.24, 2.45) is 10.9 Å². The Morgan fingerprint density at radius 2 is 1.68 bits per heavy atom. The SMILES string of the molecule is CN=C(NCCNC(=O)c1ccccc1)NCC1CCN(S(=O)(=O)C(F)(F)F)CC1.I. The number of sulfonamides is 1. The standard InChI is InChI=1S/C18H26F3N5O3S.HI/c1-22-17(24-10-9-23-16(27)15-5-3-2-4-6-15)25-13-14-7-11-26(12-8-14)30(28,29)18(19,20)21;/h2-6,14H,7-13H2,1H3,(H,23,27)(H2,22,24,25);1H. The molecule has 0 aliphatic carbocycles. The van der Waals surface area contributed by atoms with E-state index in [1.165, 1.54) is 0 Å². The molecule has 0 aromatic heterocycles. The molecule has 0 radical (unpaired) electrons. The van der Waals surface area contributed by atoms with Crippen LogP contribution in [0.25, 0.3) is 0 Å². The van der Waals surface area contributed by atoms with Crippen molar-refractivity contribution in [3.63, 3.8) is 0 Å². The van der Waals surface area contributed by atoms with Crippen LogP contribution in [-0.4, -0.2) is 69.9 Å². The van der Waals surface area contributed by atoms with Gasteiger partial charge in [0.25, 0.3) is 5.91 Å². The Kier molecular flexibility index (Phi) is 11.0. The summed E-state index contributed by atoms with van der Waals surface area (Å²) in [4.78, 5) is 16.0. The number of benzene rings is 1. The summed E-state index contributed by atoms with van der Waals surface area (Å²) in [6.07, 6.45) is 0.652. The molecule has 1 heterocycles. The Morgan fingerprint density at radius 3 is 2.23 bits per heavy atom. The zero-order valence-electron chi connectivity index (χ0n) is 17.0. The maximum atomic E-state index is 12.6. The molecule has 1 aromatic rings.